The van der Waals surface area contributed by atoms with E-state index in [0.717, 1.165) is 25.5 Å². The van der Waals surface area contributed by atoms with Crippen molar-refractivity contribution in [3.05, 3.63) is 29.3 Å². The average Bonchev–Trinajstić information content (AvgIpc) is 2.69. The molecule has 2 nitrogen and oxygen atoms in total. The fraction of sp³-hybridized carbons (Fsp3) is 0.455. The van der Waals surface area contributed by atoms with Crippen molar-refractivity contribution in [2.24, 2.45) is 0 Å². The number of hydrogen-bond acceptors (Lipinski definition) is 2. The van der Waals surface area contributed by atoms with Gasteiger partial charge in [-0.1, -0.05) is 12.1 Å². The van der Waals surface area contributed by atoms with Crippen LogP contribution in [0.2, 0.25) is 0 Å². The van der Waals surface area contributed by atoms with E-state index in [1.807, 2.05) is 0 Å². The summed E-state index contributed by atoms with van der Waals surface area (Å²) < 4.78 is 37.6. The predicted octanol–water partition coefficient (Wildman–Crippen LogP) is 2.84. The third-order valence-electron chi connectivity index (χ3n) is 2.81. The maximum atomic E-state index is 12.5. The number of hydrogen-bond donors (Lipinski definition) is 2. The maximum absolute atomic E-state index is 12.5. The zero-order chi connectivity index (χ0) is 11.8. The van der Waals surface area contributed by atoms with Crippen molar-refractivity contribution >= 4 is 0 Å². The van der Waals surface area contributed by atoms with Crippen LogP contribution in [0.5, 0.6) is 5.75 Å². The minimum absolute atomic E-state index is 0.165. The summed E-state index contributed by atoms with van der Waals surface area (Å²) in [6.07, 6.45) is -2.83. The fourth-order valence-corrected chi connectivity index (χ4v) is 2.02. The van der Waals surface area contributed by atoms with Crippen LogP contribution in [0.4, 0.5) is 13.2 Å². The Kier molecular flexibility index (Phi) is 2.80. The normalized spacial score (nSPS) is 21.3. The second-order valence-corrected chi connectivity index (χ2v) is 3.89. The Morgan fingerprint density at radius 2 is 2.06 bits per heavy atom. The van der Waals surface area contributed by atoms with E-state index in [1.165, 1.54) is 12.1 Å². The van der Waals surface area contributed by atoms with E-state index in [2.05, 4.69) is 5.32 Å². The van der Waals surface area contributed by atoms with E-state index >= 15 is 0 Å². The SMILES string of the molecule is Oc1c([C@@H]2CCCN2)cccc1C(F)(F)F. The van der Waals surface area contributed by atoms with E-state index in [0.29, 0.717) is 5.56 Å². The van der Waals surface area contributed by atoms with Crippen molar-refractivity contribution in [1.29, 1.82) is 0 Å². The molecule has 1 aliphatic heterocycles. The molecule has 0 saturated carbocycles. The molecule has 0 radical (unpaired) electrons. The number of aromatic hydroxyl groups is 1. The zero-order valence-corrected chi connectivity index (χ0v) is 8.51. The largest absolute Gasteiger partial charge is 0.507 e. The highest BCUT2D eigenvalue weighted by Gasteiger charge is 2.35. The second kappa shape index (κ2) is 3.97. The van der Waals surface area contributed by atoms with Crippen molar-refractivity contribution in [2.75, 3.05) is 6.54 Å². The monoisotopic (exact) mass is 231 g/mol. The van der Waals surface area contributed by atoms with Gasteiger partial charge in [-0.05, 0) is 25.5 Å². The van der Waals surface area contributed by atoms with Gasteiger partial charge in [-0.2, -0.15) is 13.2 Å². The Labute approximate surface area is 91.1 Å². The van der Waals surface area contributed by atoms with Crippen LogP contribution in [0.1, 0.15) is 30.0 Å². The van der Waals surface area contributed by atoms with Gasteiger partial charge in [0.05, 0.1) is 5.56 Å². The molecule has 2 rings (SSSR count). The third kappa shape index (κ3) is 2.00. The van der Waals surface area contributed by atoms with Gasteiger partial charge in [0.1, 0.15) is 5.75 Å². The Morgan fingerprint density at radius 1 is 1.31 bits per heavy atom. The van der Waals surface area contributed by atoms with Crippen molar-refractivity contribution in [1.82, 2.24) is 5.32 Å². The van der Waals surface area contributed by atoms with Crippen molar-refractivity contribution in [3.63, 3.8) is 0 Å². The third-order valence-corrected chi connectivity index (χ3v) is 2.81. The summed E-state index contributed by atoms with van der Waals surface area (Å²) in [4.78, 5) is 0. The molecule has 0 aromatic heterocycles. The summed E-state index contributed by atoms with van der Waals surface area (Å²) in [6, 6.07) is 3.60. The van der Waals surface area contributed by atoms with Gasteiger partial charge >= 0.3 is 6.18 Å². The summed E-state index contributed by atoms with van der Waals surface area (Å²) in [5.41, 5.74) is -0.619. The van der Waals surface area contributed by atoms with E-state index in [-0.39, 0.29) is 6.04 Å². The van der Waals surface area contributed by atoms with Gasteiger partial charge in [-0.25, -0.2) is 0 Å². The standard InChI is InChI=1S/C11H12F3NO/c12-11(13,14)8-4-1-3-7(10(8)16)9-5-2-6-15-9/h1,3-4,9,15-16H,2,5-6H2/t9-/m0/s1. The van der Waals surface area contributed by atoms with Crippen LogP contribution in [0.15, 0.2) is 18.2 Å². The Balaban J connectivity index is 2.40. The van der Waals surface area contributed by atoms with E-state index in [9.17, 15) is 18.3 Å². The van der Waals surface area contributed by atoms with Gasteiger partial charge in [-0.15, -0.1) is 0 Å². The van der Waals surface area contributed by atoms with Crippen LogP contribution in [0.3, 0.4) is 0 Å². The molecule has 1 aromatic rings. The number of phenolic OH excluding ortho intramolecular Hbond substituents is 1. The molecule has 1 aliphatic rings. The predicted molar refractivity (Wildman–Crippen MR) is 53.1 cm³/mol. The van der Waals surface area contributed by atoms with Gasteiger partial charge in [0, 0.05) is 11.6 Å². The molecule has 0 bridgehead atoms. The molecule has 1 fully saturated rings. The van der Waals surface area contributed by atoms with Crippen molar-refractivity contribution in [3.8, 4) is 5.75 Å². The summed E-state index contributed by atoms with van der Waals surface area (Å²) in [5.74, 6) is -0.644. The van der Waals surface area contributed by atoms with Gasteiger partial charge in [-0.3, -0.25) is 0 Å². The summed E-state index contributed by atoms with van der Waals surface area (Å²) in [6.45, 7) is 0.778. The smallest absolute Gasteiger partial charge is 0.419 e. The van der Waals surface area contributed by atoms with Crippen LogP contribution >= 0.6 is 0 Å². The number of benzene rings is 1. The second-order valence-electron chi connectivity index (χ2n) is 3.89. The lowest BCUT2D eigenvalue weighted by Crippen LogP contribution is -2.14. The summed E-state index contributed by atoms with van der Waals surface area (Å²) >= 11 is 0. The lowest BCUT2D eigenvalue weighted by Gasteiger charge is -2.16. The molecule has 5 heteroatoms. The molecule has 1 aromatic carbocycles. The number of para-hydroxylation sites is 1. The van der Waals surface area contributed by atoms with E-state index < -0.39 is 17.5 Å². The Morgan fingerprint density at radius 3 is 2.62 bits per heavy atom. The maximum Gasteiger partial charge on any atom is 0.419 e. The fourth-order valence-electron chi connectivity index (χ4n) is 2.02. The average molecular weight is 231 g/mol. The van der Waals surface area contributed by atoms with Crippen molar-refractivity contribution < 1.29 is 18.3 Å². The number of halogens is 3. The van der Waals surface area contributed by atoms with Gasteiger partial charge in [0.15, 0.2) is 0 Å². The lowest BCUT2D eigenvalue weighted by atomic mass is 10.0. The zero-order valence-electron chi connectivity index (χ0n) is 8.51. The van der Waals surface area contributed by atoms with E-state index in [1.54, 1.807) is 0 Å². The van der Waals surface area contributed by atoms with Crippen LogP contribution in [0, 0.1) is 0 Å². The summed E-state index contributed by atoms with van der Waals surface area (Å²) in [5, 5.41) is 12.7. The number of rotatable bonds is 1. The molecule has 0 spiro atoms. The first-order valence-electron chi connectivity index (χ1n) is 5.12. The highest BCUT2D eigenvalue weighted by molar-refractivity contribution is 5.44. The molecule has 1 atom stereocenters. The Bertz CT molecular complexity index is 383. The number of nitrogens with one attached hydrogen (secondary N) is 1. The minimum Gasteiger partial charge on any atom is -0.507 e. The molecule has 0 amide bonds. The molecular weight excluding hydrogens is 219 g/mol. The van der Waals surface area contributed by atoms with Gasteiger partial charge in [0.2, 0.25) is 0 Å². The molecule has 16 heavy (non-hydrogen) atoms. The number of alkyl halides is 3. The molecule has 0 aliphatic carbocycles. The molecule has 1 saturated heterocycles. The van der Waals surface area contributed by atoms with Crippen molar-refractivity contribution in [2.45, 2.75) is 25.1 Å². The first-order valence-corrected chi connectivity index (χ1v) is 5.12. The summed E-state index contributed by atoms with van der Waals surface area (Å²) in [7, 11) is 0. The molecule has 1 heterocycles. The van der Waals surface area contributed by atoms with Gasteiger partial charge < -0.3 is 10.4 Å². The molecular formula is C11H12F3NO. The van der Waals surface area contributed by atoms with Gasteiger partial charge in [0.25, 0.3) is 0 Å². The van der Waals surface area contributed by atoms with Crippen LogP contribution in [-0.2, 0) is 6.18 Å². The lowest BCUT2D eigenvalue weighted by molar-refractivity contribution is -0.138. The van der Waals surface area contributed by atoms with Crippen LogP contribution in [0.25, 0.3) is 0 Å². The molecule has 0 unspecified atom stereocenters. The highest BCUT2D eigenvalue weighted by atomic mass is 19.4. The first-order chi connectivity index (χ1) is 7.50. The number of phenols is 1. The quantitative estimate of drug-likeness (QED) is 0.779. The molecule has 2 N–H and O–H groups in total. The Hall–Kier alpha value is -1.23. The van der Waals surface area contributed by atoms with Crippen LogP contribution in [-0.4, -0.2) is 11.7 Å². The minimum atomic E-state index is -4.50. The first kappa shape index (κ1) is 11.3. The topological polar surface area (TPSA) is 32.3 Å². The molecule has 88 valence electrons. The van der Waals surface area contributed by atoms with E-state index in [4.69, 9.17) is 0 Å². The highest BCUT2D eigenvalue weighted by Crippen LogP contribution is 2.40. The van der Waals surface area contributed by atoms with Crippen LogP contribution < -0.4 is 5.32 Å².